The molecule has 0 aliphatic carbocycles. The van der Waals surface area contributed by atoms with Crippen molar-refractivity contribution in [3.63, 3.8) is 0 Å². The number of nitrogens with zero attached hydrogens (tertiary/aromatic N) is 2. The zero-order valence-electron chi connectivity index (χ0n) is 10.1. The average Bonchev–Trinajstić information content (AvgIpc) is 2.77. The lowest BCUT2D eigenvalue weighted by Crippen LogP contribution is -2.51. The monoisotopic (exact) mass is 239 g/mol. The SMILES string of the molecule is COCc1cc(C(=O)N2CCNC(C)C2)no1. The summed E-state index contributed by atoms with van der Waals surface area (Å²) in [4.78, 5) is 13.9. The van der Waals surface area contributed by atoms with Gasteiger partial charge in [-0.3, -0.25) is 4.79 Å². The normalized spacial score (nSPS) is 20.6. The summed E-state index contributed by atoms with van der Waals surface area (Å²) in [5.74, 6) is 0.489. The summed E-state index contributed by atoms with van der Waals surface area (Å²) in [6.07, 6.45) is 0. The van der Waals surface area contributed by atoms with Gasteiger partial charge in [-0.2, -0.15) is 0 Å². The maximum Gasteiger partial charge on any atom is 0.276 e. The van der Waals surface area contributed by atoms with Crippen LogP contribution in [0.2, 0.25) is 0 Å². The minimum atomic E-state index is -0.0792. The Hall–Kier alpha value is -1.40. The van der Waals surface area contributed by atoms with E-state index >= 15 is 0 Å². The maximum absolute atomic E-state index is 12.1. The third-order valence-electron chi connectivity index (χ3n) is 2.72. The van der Waals surface area contributed by atoms with Gasteiger partial charge in [-0.1, -0.05) is 5.16 Å². The molecule has 1 amide bonds. The summed E-state index contributed by atoms with van der Waals surface area (Å²) in [6, 6.07) is 1.96. The largest absolute Gasteiger partial charge is 0.377 e. The lowest BCUT2D eigenvalue weighted by molar-refractivity contribution is 0.0698. The number of amides is 1. The Labute approximate surface area is 99.9 Å². The number of carbonyl (C=O) groups is 1. The number of hydrogen-bond acceptors (Lipinski definition) is 5. The van der Waals surface area contributed by atoms with Gasteiger partial charge in [0.1, 0.15) is 6.61 Å². The van der Waals surface area contributed by atoms with Crippen molar-refractivity contribution in [2.45, 2.75) is 19.6 Å². The van der Waals surface area contributed by atoms with Crippen LogP contribution in [-0.2, 0) is 11.3 Å². The van der Waals surface area contributed by atoms with Crippen molar-refractivity contribution in [2.24, 2.45) is 0 Å². The van der Waals surface area contributed by atoms with E-state index in [1.54, 1.807) is 18.1 Å². The quantitative estimate of drug-likeness (QED) is 0.819. The number of rotatable bonds is 3. The van der Waals surface area contributed by atoms with Crippen LogP contribution in [-0.4, -0.2) is 48.7 Å². The van der Waals surface area contributed by atoms with E-state index in [1.807, 2.05) is 0 Å². The van der Waals surface area contributed by atoms with Gasteiger partial charge in [-0.25, -0.2) is 0 Å². The molecule has 1 saturated heterocycles. The molecule has 1 aliphatic heterocycles. The van der Waals surface area contributed by atoms with Crippen LogP contribution in [0.4, 0.5) is 0 Å². The highest BCUT2D eigenvalue weighted by atomic mass is 16.5. The third-order valence-corrected chi connectivity index (χ3v) is 2.72. The minimum Gasteiger partial charge on any atom is -0.377 e. The first kappa shape index (κ1) is 12.1. The predicted molar refractivity (Wildman–Crippen MR) is 60.6 cm³/mol. The standard InChI is InChI=1S/C11H17N3O3/c1-8-6-14(4-3-12-8)11(15)10-5-9(7-16-2)17-13-10/h5,8,12H,3-4,6-7H2,1-2H3. The van der Waals surface area contributed by atoms with Gasteiger partial charge in [-0.15, -0.1) is 0 Å². The van der Waals surface area contributed by atoms with E-state index in [0.717, 1.165) is 6.54 Å². The van der Waals surface area contributed by atoms with Gasteiger partial charge in [0.15, 0.2) is 11.5 Å². The van der Waals surface area contributed by atoms with E-state index in [-0.39, 0.29) is 5.91 Å². The highest BCUT2D eigenvalue weighted by Crippen LogP contribution is 2.09. The minimum absolute atomic E-state index is 0.0792. The van der Waals surface area contributed by atoms with Gasteiger partial charge in [0.05, 0.1) is 0 Å². The Bertz CT molecular complexity index is 391. The Kier molecular flexibility index (Phi) is 3.75. The van der Waals surface area contributed by atoms with Crippen molar-refractivity contribution < 1.29 is 14.1 Å². The van der Waals surface area contributed by atoms with Gasteiger partial charge >= 0.3 is 0 Å². The fraction of sp³-hybridized carbons (Fsp3) is 0.636. The molecule has 94 valence electrons. The van der Waals surface area contributed by atoms with Crippen molar-refractivity contribution in [1.82, 2.24) is 15.4 Å². The number of methoxy groups -OCH3 is 1. The Morgan fingerprint density at radius 2 is 2.59 bits per heavy atom. The first-order chi connectivity index (χ1) is 8.20. The van der Waals surface area contributed by atoms with Crippen LogP contribution in [0, 0.1) is 0 Å². The van der Waals surface area contributed by atoms with Crippen LogP contribution in [0.25, 0.3) is 0 Å². The van der Waals surface area contributed by atoms with E-state index in [2.05, 4.69) is 17.4 Å². The van der Waals surface area contributed by atoms with Crippen molar-refractivity contribution >= 4 is 5.91 Å². The second-order valence-electron chi connectivity index (χ2n) is 4.22. The van der Waals surface area contributed by atoms with Crippen LogP contribution in [0.3, 0.4) is 0 Å². The summed E-state index contributed by atoms with van der Waals surface area (Å²) < 4.78 is 9.92. The van der Waals surface area contributed by atoms with E-state index in [4.69, 9.17) is 9.26 Å². The smallest absolute Gasteiger partial charge is 0.276 e. The summed E-state index contributed by atoms with van der Waals surface area (Å²) >= 11 is 0. The van der Waals surface area contributed by atoms with E-state index in [1.165, 1.54) is 0 Å². The average molecular weight is 239 g/mol. The van der Waals surface area contributed by atoms with Gasteiger partial charge < -0.3 is 19.5 Å². The summed E-state index contributed by atoms with van der Waals surface area (Å²) in [5, 5.41) is 7.05. The molecule has 1 aliphatic rings. The lowest BCUT2D eigenvalue weighted by atomic mass is 10.2. The van der Waals surface area contributed by atoms with Gasteiger partial charge in [-0.05, 0) is 6.92 Å². The zero-order valence-corrected chi connectivity index (χ0v) is 10.1. The third kappa shape index (κ3) is 2.83. The topological polar surface area (TPSA) is 67.6 Å². The van der Waals surface area contributed by atoms with E-state index in [9.17, 15) is 4.79 Å². The van der Waals surface area contributed by atoms with Gasteiger partial charge in [0.25, 0.3) is 5.91 Å². The summed E-state index contributed by atoms with van der Waals surface area (Å²) in [7, 11) is 1.57. The molecule has 1 atom stereocenters. The van der Waals surface area contributed by atoms with Gasteiger partial charge in [0.2, 0.25) is 0 Å². The molecule has 0 saturated carbocycles. The zero-order chi connectivity index (χ0) is 12.3. The molecule has 6 nitrogen and oxygen atoms in total. The van der Waals surface area contributed by atoms with E-state index < -0.39 is 0 Å². The number of nitrogens with one attached hydrogen (secondary N) is 1. The van der Waals surface area contributed by atoms with Crippen molar-refractivity contribution in [2.75, 3.05) is 26.7 Å². The van der Waals surface area contributed by atoms with Crippen LogP contribution in [0.1, 0.15) is 23.2 Å². The number of ether oxygens (including phenoxy) is 1. The molecule has 0 radical (unpaired) electrons. The summed E-state index contributed by atoms with van der Waals surface area (Å²) in [6.45, 7) is 4.60. The molecule has 2 rings (SSSR count). The highest BCUT2D eigenvalue weighted by Gasteiger charge is 2.24. The van der Waals surface area contributed by atoms with Crippen molar-refractivity contribution in [3.05, 3.63) is 17.5 Å². The number of piperazine rings is 1. The molecule has 1 unspecified atom stereocenters. The number of aromatic nitrogens is 1. The molecule has 1 aromatic rings. The number of carbonyl (C=O) groups excluding carboxylic acids is 1. The van der Waals surface area contributed by atoms with Crippen molar-refractivity contribution in [3.8, 4) is 0 Å². The first-order valence-corrected chi connectivity index (χ1v) is 5.68. The second kappa shape index (κ2) is 5.29. The Morgan fingerprint density at radius 3 is 3.29 bits per heavy atom. The van der Waals surface area contributed by atoms with Gasteiger partial charge in [0, 0.05) is 38.9 Å². The summed E-state index contributed by atoms with van der Waals surface area (Å²) in [5.41, 5.74) is 0.353. The fourth-order valence-corrected chi connectivity index (χ4v) is 1.90. The van der Waals surface area contributed by atoms with Crippen molar-refractivity contribution in [1.29, 1.82) is 0 Å². The molecular formula is C11H17N3O3. The fourth-order valence-electron chi connectivity index (χ4n) is 1.90. The predicted octanol–water partition coefficient (Wildman–Crippen LogP) is 0.255. The molecule has 0 bridgehead atoms. The number of hydrogen-bond donors (Lipinski definition) is 1. The second-order valence-corrected chi connectivity index (χ2v) is 4.22. The van der Waals surface area contributed by atoms with Crippen LogP contribution in [0.15, 0.2) is 10.6 Å². The molecule has 1 aromatic heterocycles. The molecule has 0 aromatic carbocycles. The molecule has 1 fully saturated rings. The molecule has 2 heterocycles. The molecule has 1 N–H and O–H groups in total. The van der Waals surface area contributed by atoms with Crippen LogP contribution in [0.5, 0.6) is 0 Å². The maximum atomic E-state index is 12.1. The van der Waals surface area contributed by atoms with Crippen LogP contribution < -0.4 is 5.32 Å². The molecular weight excluding hydrogens is 222 g/mol. The molecule has 6 heteroatoms. The Balaban J connectivity index is 2.02. The van der Waals surface area contributed by atoms with Crippen LogP contribution >= 0.6 is 0 Å². The Morgan fingerprint density at radius 1 is 1.76 bits per heavy atom. The lowest BCUT2D eigenvalue weighted by Gasteiger charge is -2.31. The first-order valence-electron chi connectivity index (χ1n) is 5.68. The molecule has 0 spiro atoms. The highest BCUT2D eigenvalue weighted by molar-refractivity contribution is 5.92. The molecule has 17 heavy (non-hydrogen) atoms. The van der Waals surface area contributed by atoms with E-state index in [0.29, 0.717) is 37.2 Å².